The highest BCUT2D eigenvalue weighted by Gasteiger charge is 2.31. The number of hydrogen-bond donors (Lipinski definition) is 1. The topological polar surface area (TPSA) is 12.0 Å². The molecule has 0 aliphatic carbocycles. The Morgan fingerprint density at radius 1 is 1.05 bits per heavy atom. The van der Waals surface area contributed by atoms with Crippen LogP contribution in [0, 0.1) is 0 Å². The van der Waals surface area contributed by atoms with E-state index in [2.05, 4.69) is 37.2 Å². The number of anilines is 1. The number of nitrogens with one attached hydrogen (secondary N) is 1. The highest BCUT2D eigenvalue weighted by Crippen LogP contribution is 2.33. The molecule has 0 unspecified atom stereocenters. The first-order valence-corrected chi connectivity index (χ1v) is 7.78. The molecule has 2 aromatic rings. The van der Waals surface area contributed by atoms with Crippen LogP contribution in [0.25, 0.3) is 0 Å². The average Bonchev–Trinajstić information content (AvgIpc) is 2.38. The van der Waals surface area contributed by atoms with E-state index in [1.165, 1.54) is 0 Å². The zero-order valence-electron chi connectivity index (χ0n) is 10.4. The smallest absolute Gasteiger partial charge is 0.381 e. The van der Waals surface area contributed by atoms with E-state index in [0.717, 1.165) is 22.2 Å². The highest BCUT2D eigenvalue weighted by atomic mass is 79.9. The number of benzene rings is 2. The van der Waals surface area contributed by atoms with Crippen molar-refractivity contribution in [3.8, 4) is 0 Å². The summed E-state index contributed by atoms with van der Waals surface area (Å²) >= 11 is 12.4. The summed E-state index contributed by atoms with van der Waals surface area (Å²) in [5.74, 6) is 0. The standard InChI is InChI=1S/C14H9Br2ClF3N/c15-10-4-9(14(18,19)20)5-12(6-10)21-7-8-3-11(17)1-2-13(8)16/h1-6,21H,7H2. The van der Waals surface area contributed by atoms with Crippen LogP contribution in [0.2, 0.25) is 5.02 Å². The van der Waals surface area contributed by atoms with Crippen LogP contribution < -0.4 is 5.32 Å². The van der Waals surface area contributed by atoms with E-state index < -0.39 is 11.7 Å². The van der Waals surface area contributed by atoms with Crippen molar-refractivity contribution in [3.05, 3.63) is 61.5 Å². The Balaban J connectivity index is 2.20. The van der Waals surface area contributed by atoms with Crippen molar-refractivity contribution in [3.63, 3.8) is 0 Å². The second-order valence-electron chi connectivity index (χ2n) is 4.32. The summed E-state index contributed by atoms with van der Waals surface area (Å²) in [6.07, 6.45) is -4.38. The molecule has 2 rings (SSSR count). The third-order valence-corrected chi connectivity index (χ3v) is 4.18. The minimum atomic E-state index is -4.38. The molecule has 21 heavy (non-hydrogen) atoms. The van der Waals surface area contributed by atoms with Gasteiger partial charge < -0.3 is 5.32 Å². The lowest BCUT2D eigenvalue weighted by Gasteiger charge is -2.12. The Labute approximate surface area is 141 Å². The summed E-state index contributed by atoms with van der Waals surface area (Å²) in [6.45, 7) is 0.356. The fourth-order valence-electron chi connectivity index (χ4n) is 1.73. The molecule has 0 heterocycles. The van der Waals surface area contributed by atoms with Gasteiger partial charge in [-0.25, -0.2) is 0 Å². The first-order valence-electron chi connectivity index (χ1n) is 5.81. The molecule has 2 aromatic carbocycles. The molecular weight excluding hydrogens is 434 g/mol. The normalized spacial score (nSPS) is 11.5. The molecule has 0 bridgehead atoms. The maximum absolute atomic E-state index is 12.8. The molecule has 0 saturated heterocycles. The molecule has 0 aliphatic rings. The fraction of sp³-hybridized carbons (Fsp3) is 0.143. The van der Waals surface area contributed by atoms with Crippen molar-refractivity contribution in [2.75, 3.05) is 5.32 Å². The van der Waals surface area contributed by atoms with E-state index >= 15 is 0 Å². The summed E-state index contributed by atoms with van der Waals surface area (Å²) in [4.78, 5) is 0. The zero-order valence-corrected chi connectivity index (χ0v) is 14.4. The van der Waals surface area contributed by atoms with Gasteiger partial charge in [0.15, 0.2) is 0 Å². The van der Waals surface area contributed by atoms with E-state index in [9.17, 15) is 13.2 Å². The van der Waals surface area contributed by atoms with E-state index in [4.69, 9.17) is 11.6 Å². The van der Waals surface area contributed by atoms with Crippen LogP contribution >= 0.6 is 43.5 Å². The summed E-state index contributed by atoms with van der Waals surface area (Å²) in [5.41, 5.74) is 0.532. The summed E-state index contributed by atoms with van der Waals surface area (Å²) < 4.78 is 39.5. The lowest BCUT2D eigenvalue weighted by molar-refractivity contribution is -0.137. The van der Waals surface area contributed by atoms with Crippen LogP contribution in [0.3, 0.4) is 0 Å². The Morgan fingerprint density at radius 3 is 2.43 bits per heavy atom. The van der Waals surface area contributed by atoms with Crippen molar-refractivity contribution < 1.29 is 13.2 Å². The molecule has 0 aromatic heterocycles. The van der Waals surface area contributed by atoms with Crippen molar-refractivity contribution in [1.82, 2.24) is 0 Å². The van der Waals surface area contributed by atoms with Crippen LogP contribution in [0.5, 0.6) is 0 Å². The lowest BCUT2D eigenvalue weighted by atomic mass is 10.1. The van der Waals surface area contributed by atoms with Gasteiger partial charge in [-0.3, -0.25) is 0 Å². The van der Waals surface area contributed by atoms with Crippen LogP contribution in [0.1, 0.15) is 11.1 Å². The van der Waals surface area contributed by atoms with Gasteiger partial charge in [0.05, 0.1) is 5.56 Å². The van der Waals surface area contributed by atoms with Crippen molar-refractivity contribution in [1.29, 1.82) is 0 Å². The van der Waals surface area contributed by atoms with E-state index in [1.54, 1.807) is 24.3 Å². The first kappa shape index (κ1) is 16.6. The average molecular weight is 443 g/mol. The number of hydrogen-bond acceptors (Lipinski definition) is 1. The SMILES string of the molecule is FC(F)(F)c1cc(Br)cc(NCc2cc(Cl)ccc2Br)c1. The Kier molecular flexibility index (Phi) is 5.22. The number of rotatable bonds is 3. The Hall–Kier alpha value is -0.720. The quantitative estimate of drug-likeness (QED) is 0.571. The molecule has 7 heteroatoms. The molecule has 0 fully saturated rings. The molecule has 0 amide bonds. The van der Waals surface area contributed by atoms with E-state index in [1.807, 2.05) is 0 Å². The van der Waals surface area contributed by atoms with Gasteiger partial charge in [0, 0.05) is 26.2 Å². The Bertz CT molecular complexity index is 659. The Morgan fingerprint density at radius 2 is 1.76 bits per heavy atom. The maximum Gasteiger partial charge on any atom is 0.416 e. The van der Waals surface area contributed by atoms with E-state index in [-0.39, 0.29) is 0 Å². The van der Waals surface area contributed by atoms with Gasteiger partial charge in [0.1, 0.15) is 0 Å². The molecule has 1 N–H and O–H groups in total. The number of halogens is 6. The number of alkyl halides is 3. The second kappa shape index (κ2) is 6.58. The molecule has 0 saturated carbocycles. The molecule has 0 aliphatic heterocycles. The summed E-state index contributed by atoms with van der Waals surface area (Å²) in [5, 5.41) is 3.53. The van der Waals surface area contributed by atoms with Gasteiger partial charge in [-0.2, -0.15) is 13.2 Å². The highest BCUT2D eigenvalue weighted by molar-refractivity contribution is 9.10. The summed E-state index contributed by atoms with van der Waals surface area (Å²) in [7, 11) is 0. The minimum Gasteiger partial charge on any atom is -0.381 e. The van der Waals surface area contributed by atoms with Gasteiger partial charge in [-0.05, 0) is 42.0 Å². The van der Waals surface area contributed by atoms with Gasteiger partial charge in [0.2, 0.25) is 0 Å². The molecule has 1 nitrogen and oxygen atoms in total. The van der Waals surface area contributed by atoms with E-state index in [0.29, 0.717) is 21.7 Å². The lowest BCUT2D eigenvalue weighted by Crippen LogP contribution is -2.07. The maximum atomic E-state index is 12.8. The van der Waals surface area contributed by atoms with Crippen LogP contribution in [0.15, 0.2) is 45.3 Å². The van der Waals surface area contributed by atoms with Crippen LogP contribution in [0.4, 0.5) is 18.9 Å². The molecule has 0 spiro atoms. The predicted octanol–water partition coefficient (Wildman–Crippen LogP) is 6.50. The monoisotopic (exact) mass is 441 g/mol. The minimum absolute atomic E-state index is 0.356. The van der Waals surface area contributed by atoms with Crippen molar-refractivity contribution in [2.45, 2.75) is 12.7 Å². The van der Waals surface area contributed by atoms with Crippen LogP contribution in [-0.4, -0.2) is 0 Å². The molecule has 0 radical (unpaired) electrons. The molecule has 0 atom stereocenters. The zero-order chi connectivity index (χ0) is 15.6. The van der Waals surface area contributed by atoms with Crippen molar-refractivity contribution >= 4 is 49.1 Å². The van der Waals surface area contributed by atoms with Gasteiger partial charge in [-0.15, -0.1) is 0 Å². The third-order valence-electron chi connectivity index (χ3n) is 2.72. The van der Waals surface area contributed by atoms with Gasteiger partial charge in [-0.1, -0.05) is 43.5 Å². The molecular formula is C14H9Br2ClF3N. The second-order valence-corrected chi connectivity index (χ2v) is 6.52. The van der Waals surface area contributed by atoms with Crippen LogP contribution in [-0.2, 0) is 12.7 Å². The fourth-order valence-corrected chi connectivity index (χ4v) is 2.81. The van der Waals surface area contributed by atoms with Crippen molar-refractivity contribution in [2.24, 2.45) is 0 Å². The first-order chi connectivity index (χ1) is 9.75. The van der Waals surface area contributed by atoms with Gasteiger partial charge >= 0.3 is 6.18 Å². The largest absolute Gasteiger partial charge is 0.416 e. The third kappa shape index (κ3) is 4.63. The predicted molar refractivity (Wildman–Crippen MR) is 85.6 cm³/mol. The summed E-state index contributed by atoms with van der Waals surface area (Å²) in [6, 6.07) is 8.98. The van der Waals surface area contributed by atoms with Gasteiger partial charge in [0.25, 0.3) is 0 Å². The molecule has 112 valence electrons.